The molecule has 0 radical (unpaired) electrons. The first kappa shape index (κ1) is 12.2. The fourth-order valence-corrected chi connectivity index (χ4v) is 1.73. The van der Waals surface area contributed by atoms with Crippen molar-refractivity contribution >= 4 is 0 Å². The van der Waals surface area contributed by atoms with Crippen molar-refractivity contribution in [2.75, 3.05) is 0 Å². The third kappa shape index (κ3) is 4.43. The van der Waals surface area contributed by atoms with Gasteiger partial charge < -0.3 is 5.73 Å². The molecule has 0 aliphatic carbocycles. The van der Waals surface area contributed by atoms with Gasteiger partial charge in [0, 0.05) is 12.5 Å². The first-order valence-corrected chi connectivity index (χ1v) is 5.40. The van der Waals surface area contributed by atoms with Gasteiger partial charge in [0.15, 0.2) is 0 Å². The van der Waals surface area contributed by atoms with E-state index in [1.54, 1.807) is 13.8 Å². The van der Waals surface area contributed by atoms with E-state index in [-0.39, 0.29) is 6.04 Å². The molecule has 1 aromatic rings. The van der Waals surface area contributed by atoms with Gasteiger partial charge in [-0.3, -0.25) is 0 Å². The smallest absolute Gasteiger partial charge is 0.109 e. The van der Waals surface area contributed by atoms with Crippen molar-refractivity contribution in [1.29, 1.82) is 0 Å². The van der Waals surface area contributed by atoms with E-state index in [1.165, 1.54) is 5.56 Å². The van der Waals surface area contributed by atoms with E-state index in [0.717, 1.165) is 12.0 Å². The van der Waals surface area contributed by atoms with Crippen molar-refractivity contribution in [1.82, 2.24) is 0 Å². The number of hydrogen-bond acceptors (Lipinski definition) is 1. The highest BCUT2D eigenvalue weighted by Gasteiger charge is 2.18. The molecule has 0 aliphatic heterocycles. The average Bonchev–Trinajstić information content (AvgIpc) is 2.05. The lowest BCUT2D eigenvalue weighted by atomic mass is 9.93. The summed E-state index contributed by atoms with van der Waals surface area (Å²) in [7, 11) is 0. The van der Waals surface area contributed by atoms with E-state index in [9.17, 15) is 4.39 Å². The third-order valence-electron chi connectivity index (χ3n) is 2.27. The topological polar surface area (TPSA) is 26.0 Å². The lowest BCUT2D eigenvalue weighted by Crippen LogP contribution is -2.21. The maximum Gasteiger partial charge on any atom is 0.109 e. The van der Waals surface area contributed by atoms with Gasteiger partial charge in [-0.25, -0.2) is 4.39 Å². The Labute approximate surface area is 91.5 Å². The zero-order valence-corrected chi connectivity index (χ0v) is 9.76. The number of halogens is 1. The van der Waals surface area contributed by atoms with Crippen molar-refractivity contribution in [3.8, 4) is 0 Å². The standard InChI is InChI=1S/C13H20FN/c1-10(15)8-11-6-4-5-7-12(11)9-13(2,3)14/h4-7,10H,8-9,15H2,1-3H3. The van der Waals surface area contributed by atoms with Gasteiger partial charge in [-0.1, -0.05) is 24.3 Å². The second-order valence-electron chi connectivity index (χ2n) is 4.85. The number of nitrogens with two attached hydrogens (primary N) is 1. The lowest BCUT2D eigenvalue weighted by Gasteiger charge is -2.17. The Hall–Kier alpha value is -0.890. The minimum Gasteiger partial charge on any atom is -0.328 e. The molecule has 0 aliphatic rings. The molecule has 1 atom stereocenters. The van der Waals surface area contributed by atoms with Crippen LogP contribution in [-0.2, 0) is 12.8 Å². The van der Waals surface area contributed by atoms with Crippen LogP contribution in [0.15, 0.2) is 24.3 Å². The van der Waals surface area contributed by atoms with Gasteiger partial charge in [0.05, 0.1) is 0 Å². The molecule has 2 heteroatoms. The Balaban J connectivity index is 2.86. The molecule has 0 heterocycles. The summed E-state index contributed by atoms with van der Waals surface area (Å²) >= 11 is 0. The lowest BCUT2D eigenvalue weighted by molar-refractivity contribution is 0.216. The van der Waals surface area contributed by atoms with E-state index in [1.807, 2.05) is 31.2 Å². The molecule has 0 bridgehead atoms. The molecule has 84 valence electrons. The molecule has 0 spiro atoms. The molecule has 1 unspecified atom stereocenters. The average molecular weight is 209 g/mol. The van der Waals surface area contributed by atoms with Crippen LogP contribution < -0.4 is 5.73 Å². The quantitative estimate of drug-likeness (QED) is 0.810. The molecule has 1 aromatic carbocycles. The minimum absolute atomic E-state index is 0.119. The van der Waals surface area contributed by atoms with E-state index >= 15 is 0 Å². The Bertz CT molecular complexity index is 313. The molecular weight excluding hydrogens is 189 g/mol. The molecule has 0 amide bonds. The summed E-state index contributed by atoms with van der Waals surface area (Å²) in [6.07, 6.45) is 1.27. The van der Waals surface area contributed by atoms with Crippen LogP contribution in [0.5, 0.6) is 0 Å². The monoisotopic (exact) mass is 209 g/mol. The van der Waals surface area contributed by atoms with Crippen molar-refractivity contribution in [2.45, 2.75) is 45.3 Å². The van der Waals surface area contributed by atoms with Gasteiger partial charge in [0.2, 0.25) is 0 Å². The Morgan fingerprint density at radius 3 is 2.27 bits per heavy atom. The second kappa shape index (κ2) is 4.75. The van der Waals surface area contributed by atoms with Crippen molar-refractivity contribution < 1.29 is 4.39 Å². The second-order valence-corrected chi connectivity index (χ2v) is 4.85. The summed E-state index contributed by atoms with van der Waals surface area (Å²) in [5.41, 5.74) is 6.84. The van der Waals surface area contributed by atoms with Crippen molar-refractivity contribution in [3.05, 3.63) is 35.4 Å². The molecule has 0 saturated heterocycles. The summed E-state index contributed by atoms with van der Waals surface area (Å²) < 4.78 is 13.6. The molecule has 15 heavy (non-hydrogen) atoms. The number of hydrogen-bond donors (Lipinski definition) is 1. The Morgan fingerprint density at radius 2 is 1.80 bits per heavy atom. The van der Waals surface area contributed by atoms with Crippen molar-refractivity contribution in [3.63, 3.8) is 0 Å². The van der Waals surface area contributed by atoms with Crippen LogP contribution >= 0.6 is 0 Å². The van der Waals surface area contributed by atoms with Gasteiger partial charge in [0.25, 0.3) is 0 Å². The van der Waals surface area contributed by atoms with E-state index < -0.39 is 5.67 Å². The molecule has 0 saturated carbocycles. The van der Waals surface area contributed by atoms with Gasteiger partial charge in [-0.15, -0.1) is 0 Å². The number of rotatable bonds is 4. The Kier molecular flexibility index (Phi) is 3.86. The van der Waals surface area contributed by atoms with E-state index in [0.29, 0.717) is 6.42 Å². The summed E-state index contributed by atoms with van der Waals surface area (Å²) in [5.74, 6) is 0. The summed E-state index contributed by atoms with van der Waals surface area (Å²) in [4.78, 5) is 0. The van der Waals surface area contributed by atoms with Crippen LogP contribution in [0.4, 0.5) is 4.39 Å². The highest BCUT2D eigenvalue weighted by Crippen LogP contribution is 2.20. The van der Waals surface area contributed by atoms with Gasteiger partial charge >= 0.3 is 0 Å². The highest BCUT2D eigenvalue weighted by atomic mass is 19.1. The summed E-state index contributed by atoms with van der Waals surface area (Å²) in [5, 5.41) is 0. The van der Waals surface area contributed by atoms with Crippen LogP contribution in [-0.4, -0.2) is 11.7 Å². The first-order valence-electron chi connectivity index (χ1n) is 5.40. The first-order chi connectivity index (χ1) is 6.88. The van der Waals surface area contributed by atoms with Gasteiger partial charge in [-0.05, 0) is 38.3 Å². The third-order valence-corrected chi connectivity index (χ3v) is 2.27. The maximum absolute atomic E-state index is 13.6. The zero-order valence-electron chi connectivity index (χ0n) is 9.76. The molecule has 1 rings (SSSR count). The number of benzene rings is 1. The zero-order chi connectivity index (χ0) is 11.5. The van der Waals surface area contributed by atoms with Gasteiger partial charge in [-0.2, -0.15) is 0 Å². The normalized spacial score (nSPS) is 13.9. The maximum atomic E-state index is 13.6. The van der Waals surface area contributed by atoms with Crippen LogP contribution in [0.25, 0.3) is 0 Å². The van der Waals surface area contributed by atoms with Crippen LogP contribution in [0, 0.1) is 0 Å². The number of alkyl halides is 1. The molecule has 0 aromatic heterocycles. The van der Waals surface area contributed by atoms with Crippen LogP contribution in [0.2, 0.25) is 0 Å². The van der Waals surface area contributed by atoms with Crippen LogP contribution in [0.1, 0.15) is 31.9 Å². The SMILES string of the molecule is CC(N)Cc1ccccc1CC(C)(C)F. The van der Waals surface area contributed by atoms with Gasteiger partial charge in [0.1, 0.15) is 5.67 Å². The van der Waals surface area contributed by atoms with E-state index in [4.69, 9.17) is 5.73 Å². The molecule has 1 nitrogen and oxygen atoms in total. The fraction of sp³-hybridized carbons (Fsp3) is 0.538. The summed E-state index contributed by atoms with van der Waals surface area (Å²) in [6.45, 7) is 5.18. The molecule has 0 fully saturated rings. The highest BCUT2D eigenvalue weighted by molar-refractivity contribution is 5.29. The van der Waals surface area contributed by atoms with Crippen molar-refractivity contribution in [2.24, 2.45) is 5.73 Å². The Morgan fingerprint density at radius 1 is 1.27 bits per heavy atom. The minimum atomic E-state index is -1.16. The predicted molar refractivity (Wildman–Crippen MR) is 62.7 cm³/mol. The summed E-state index contributed by atoms with van der Waals surface area (Å²) in [6, 6.07) is 8.07. The van der Waals surface area contributed by atoms with E-state index in [2.05, 4.69) is 0 Å². The molecular formula is C13H20FN. The van der Waals surface area contributed by atoms with Crippen LogP contribution in [0.3, 0.4) is 0 Å². The predicted octanol–water partition coefficient (Wildman–Crippen LogP) is 2.87. The largest absolute Gasteiger partial charge is 0.328 e. The molecule has 2 N–H and O–H groups in total. The fourth-order valence-electron chi connectivity index (χ4n) is 1.73.